The summed E-state index contributed by atoms with van der Waals surface area (Å²) >= 11 is 0. The van der Waals surface area contributed by atoms with Gasteiger partial charge in [-0.15, -0.1) is 0 Å². The number of nitrogens with zero attached hydrogens (tertiary/aromatic N) is 1. The van der Waals surface area contributed by atoms with E-state index in [4.69, 9.17) is 4.43 Å². The molecule has 0 radical (unpaired) electrons. The summed E-state index contributed by atoms with van der Waals surface area (Å²) in [5.41, 5.74) is 0. The van der Waals surface area contributed by atoms with E-state index in [0.29, 0.717) is 0 Å². The Morgan fingerprint density at radius 3 is 1.93 bits per heavy atom. The minimum absolute atomic E-state index is 0.0312. The lowest BCUT2D eigenvalue weighted by Gasteiger charge is -2.49. The van der Waals surface area contributed by atoms with Crippen molar-refractivity contribution in [2.24, 2.45) is 11.1 Å². The molecule has 1 aliphatic rings. The van der Waals surface area contributed by atoms with Crippen molar-refractivity contribution in [2.75, 3.05) is 6.54 Å². The molecule has 1 unspecified atom stereocenters. The smallest absolute Gasteiger partial charge is 0.261 e. The maximum Gasteiger partial charge on any atom is 0.261 e. The highest BCUT2D eigenvalue weighted by atomic mass is 28.4. The van der Waals surface area contributed by atoms with E-state index in [0.717, 1.165) is 12.8 Å². The highest BCUT2D eigenvalue weighted by Crippen LogP contribution is 2.42. The SMILES string of the molecule is CC(C)(C)[Si](OC1CC(C(O)CN=O)C1)(c1ccccc1)c1ccccc1. The summed E-state index contributed by atoms with van der Waals surface area (Å²) in [5.74, 6) is 0.103. The number of hydrogen-bond donors (Lipinski definition) is 1. The van der Waals surface area contributed by atoms with Gasteiger partial charge in [0.05, 0.1) is 6.10 Å². The summed E-state index contributed by atoms with van der Waals surface area (Å²) in [6.07, 6.45) is 1.01. The van der Waals surface area contributed by atoms with Crippen LogP contribution in [-0.4, -0.2) is 32.2 Å². The Labute approximate surface area is 162 Å². The van der Waals surface area contributed by atoms with Crippen molar-refractivity contribution >= 4 is 18.7 Å². The van der Waals surface area contributed by atoms with Crippen LogP contribution in [0.15, 0.2) is 65.8 Å². The van der Waals surface area contributed by atoms with Crippen LogP contribution in [0, 0.1) is 10.8 Å². The average molecular weight is 384 g/mol. The molecule has 1 aliphatic carbocycles. The van der Waals surface area contributed by atoms with E-state index in [1.807, 2.05) is 12.1 Å². The van der Waals surface area contributed by atoms with Crippen LogP contribution in [0.1, 0.15) is 33.6 Å². The first-order valence-electron chi connectivity index (χ1n) is 9.64. The summed E-state index contributed by atoms with van der Waals surface area (Å²) in [6.45, 7) is 6.76. The van der Waals surface area contributed by atoms with Gasteiger partial charge in [0, 0.05) is 6.10 Å². The zero-order chi connectivity index (χ0) is 19.5. The average Bonchev–Trinajstić information content (AvgIpc) is 2.61. The van der Waals surface area contributed by atoms with Gasteiger partial charge in [0.2, 0.25) is 0 Å². The van der Waals surface area contributed by atoms with Crippen molar-refractivity contribution in [3.8, 4) is 0 Å². The van der Waals surface area contributed by atoms with Gasteiger partial charge in [-0.2, -0.15) is 4.91 Å². The maximum absolute atomic E-state index is 10.4. The normalized spacial score (nSPS) is 21.3. The molecule has 4 nitrogen and oxygen atoms in total. The maximum atomic E-state index is 10.4. The molecule has 1 N–H and O–H groups in total. The zero-order valence-electron chi connectivity index (χ0n) is 16.3. The molecular weight excluding hydrogens is 354 g/mol. The van der Waals surface area contributed by atoms with Crippen molar-refractivity contribution < 1.29 is 9.53 Å². The predicted octanol–water partition coefficient (Wildman–Crippen LogP) is 3.47. The first-order valence-corrected chi connectivity index (χ1v) is 11.6. The van der Waals surface area contributed by atoms with Gasteiger partial charge in [0.15, 0.2) is 0 Å². The van der Waals surface area contributed by atoms with E-state index in [9.17, 15) is 10.0 Å². The molecule has 0 saturated heterocycles. The molecule has 27 heavy (non-hydrogen) atoms. The van der Waals surface area contributed by atoms with Crippen LogP contribution in [0.25, 0.3) is 0 Å². The molecule has 1 atom stereocenters. The van der Waals surface area contributed by atoms with Crippen LogP contribution in [-0.2, 0) is 4.43 Å². The standard InChI is InChI=1S/C22H29NO3Si/c1-22(2,3)27(19-10-6-4-7-11-19,20-12-8-5-9-13-20)26-18-14-17(15-18)21(24)16-23-25/h4-13,17-18,21,24H,14-16H2,1-3H3. The van der Waals surface area contributed by atoms with E-state index in [2.05, 4.69) is 74.5 Å². The molecule has 5 heteroatoms. The lowest BCUT2D eigenvalue weighted by atomic mass is 9.78. The highest BCUT2D eigenvalue weighted by molar-refractivity contribution is 6.99. The van der Waals surface area contributed by atoms with Crippen LogP contribution < -0.4 is 10.4 Å². The van der Waals surface area contributed by atoms with Gasteiger partial charge in [-0.3, -0.25) is 0 Å². The van der Waals surface area contributed by atoms with Gasteiger partial charge >= 0.3 is 0 Å². The molecule has 3 rings (SSSR count). The topological polar surface area (TPSA) is 58.9 Å². The molecule has 1 fully saturated rings. The van der Waals surface area contributed by atoms with E-state index in [1.54, 1.807) is 0 Å². The minimum Gasteiger partial charge on any atom is -0.404 e. The summed E-state index contributed by atoms with van der Waals surface area (Å²) in [5, 5.41) is 15.4. The second-order valence-electron chi connectivity index (χ2n) is 8.51. The lowest BCUT2D eigenvalue weighted by Crippen LogP contribution is -2.68. The van der Waals surface area contributed by atoms with Crippen molar-refractivity contribution in [3.63, 3.8) is 0 Å². The van der Waals surface area contributed by atoms with Crippen molar-refractivity contribution in [3.05, 3.63) is 65.6 Å². The van der Waals surface area contributed by atoms with Gasteiger partial charge in [-0.05, 0) is 34.2 Å². The molecule has 0 spiro atoms. The second-order valence-corrected chi connectivity index (χ2v) is 12.8. The van der Waals surface area contributed by atoms with Crippen LogP contribution in [0.4, 0.5) is 0 Å². The molecule has 0 aromatic heterocycles. The largest absolute Gasteiger partial charge is 0.404 e. The van der Waals surface area contributed by atoms with Crippen molar-refractivity contribution in [1.29, 1.82) is 0 Å². The van der Waals surface area contributed by atoms with E-state index in [-0.39, 0.29) is 23.6 Å². The third-order valence-corrected chi connectivity index (χ3v) is 10.8. The Kier molecular flexibility index (Phi) is 5.94. The van der Waals surface area contributed by atoms with E-state index >= 15 is 0 Å². The minimum atomic E-state index is -2.53. The van der Waals surface area contributed by atoms with Gasteiger partial charge in [0.25, 0.3) is 8.32 Å². The number of aliphatic hydroxyl groups excluding tert-OH is 1. The quantitative estimate of drug-likeness (QED) is 0.588. The monoisotopic (exact) mass is 383 g/mol. The Morgan fingerprint density at radius 1 is 1.04 bits per heavy atom. The molecule has 0 bridgehead atoms. The molecule has 0 amide bonds. The van der Waals surface area contributed by atoms with Gasteiger partial charge < -0.3 is 9.53 Å². The summed E-state index contributed by atoms with van der Waals surface area (Å²) in [7, 11) is -2.53. The molecule has 0 aliphatic heterocycles. The number of nitroso groups, excluding NO2 is 1. The third kappa shape index (κ3) is 3.91. The summed E-state index contributed by atoms with van der Waals surface area (Å²) in [6, 6.07) is 21.2. The number of benzene rings is 2. The molecule has 0 heterocycles. The van der Waals surface area contributed by atoms with Crippen LogP contribution in [0.2, 0.25) is 5.04 Å². The Bertz CT molecular complexity index is 700. The van der Waals surface area contributed by atoms with E-state index in [1.165, 1.54) is 10.4 Å². The zero-order valence-corrected chi connectivity index (χ0v) is 17.3. The van der Waals surface area contributed by atoms with Gasteiger partial charge in [0.1, 0.15) is 6.54 Å². The summed E-state index contributed by atoms with van der Waals surface area (Å²) < 4.78 is 6.99. The Balaban J connectivity index is 1.95. The number of rotatable bonds is 7. The molecule has 144 valence electrons. The fourth-order valence-electron chi connectivity index (χ4n) is 4.18. The fourth-order valence-corrected chi connectivity index (χ4v) is 8.89. The van der Waals surface area contributed by atoms with Crippen LogP contribution in [0.3, 0.4) is 0 Å². The van der Waals surface area contributed by atoms with Crippen LogP contribution >= 0.6 is 0 Å². The van der Waals surface area contributed by atoms with Crippen LogP contribution in [0.5, 0.6) is 0 Å². The second kappa shape index (κ2) is 8.05. The third-order valence-electron chi connectivity index (χ3n) is 5.70. The summed E-state index contributed by atoms with van der Waals surface area (Å²) in [4.78, 5) is 10.4. The number of aliphatic hydroxyl groups is 1. The van der Waals surface area contributed by atoms with Gasteiger partial charge in [-0.25, -0.2) is 0 Å². The fraction of sp³-hybridized carbons (Fsp3) is 0.455. The van der Waals surface area contributed by atoms with Crippen molar-refractivity contribution in [2.45, 2.75) is 50.9 Å². The first kappa shape index (κ1) is 19.9. The molecule has 1 saturated carbocycles. The lowest BCUT2D eigenvalue weighted by molar-refractivity contribution is -0.0152. The van der Waals surface area contributed by atoms with E-state index < -0.39 is 14.4 Å². The Morgan fingerprint density at radius 2 is 1.52 bits per heavy atom. The molecule has 2 aromatic rings. The Hall–Kier alpha value is -1.82. The predicted molar refractivity (Wildman–Crippen MR) is 112 cm³/mol. The first-order chi connectivity index (χ1) is 12.9. The molecular formula is C22H29NO3Si. The van der Waals surface area contributed by atoms with Gasteiger partial charge in [-0.1, -0.05) is 86.6 Å². The van der Waals surface area contributed by atoms with Crippen molar-refractivity contribution in [1.82, 2.24) is 0 Å². The number of hydrogen-bond acceptors (Lipinski definition) is 4. The highest BCUT2D eigenvalue weighted by Gasteiger charge is 2.53. The molecule has 2 aromatic carbocycles.